The van der Waals surface area contributed by atoms with E-state index in [9.17, 15) is 4.79 Å². The van der Waals surface area contributed by atoms with Crippen molar-refractivity contribution in [3.05, 3.63) is 53.5 Å². The van der Waals surface area contributed by atoms with Crippen LogP contribution in [0.15, 0.2) is 41.0 Å². The predicted molar refractivity (Wildman–Crippen MR) is 75.0 cm³/mol. The Bertz CT molecular complexity index is 547. The van der Waals surface area contributed by atoms with Crippen LogP contribution in [0.1, 0.15) is 16.9 Å². The number of carbonyl (C=O) groups is 1. The van der Waals surface area contributed by atoms with Crippen LogP contribution in [-0.4, -0.2) is 12.5 Å². The standard InChI is InChI=1S/C15H18N2O2/c1-11-5-6-13(8-12(11)2)16-10-15(18)17-9-14-4-3-7-19-14/h3-8,16H,9-10H2,1-2H3,(H,17,18). The molecule has 4 heteroatoms. The first kappa shape index (κ1) is 13.2. The minimum atomic E-state index is -0.0605. The Balaban J connectivity index is 1.78. The van der Waals surface area contributed by atoms with Crippen molar-refractivity contribution in [1.82, 2.24) is 5.32 Å². The molecule has 100 valence electrons. The lowest BCUT2D eigenvalue weighted by Gasteiger charge is -2.08. The van der Waals surface area contributed by atoms with Gasteiger partial charge in [-0.3, -0.25) is 4.79 Å². The van der Waals surface area contributed by atoms with E-state index in [1.165, 1.54) is 11.1 Å². The number of aryl methyl sites for hydroxylation is 2. The van der Waals surface area contributed by atoms with Crippen molar-refractivity contribution in [1.29, 1.82) is 0 Å². The highest BCUT2D eigenvalue weighted by Crippen LogP contribution is 2.13. The van der Waals surface area contributed by atoms with Crippen LogP contribution in [0.2, 0.25) is 0 Å². The second kappa shape index (κ2) is 6.09. The van der Waals surface area contributed by atoms with Crippen molar-refractivity contribution >= 4 is 11.6 Å². The highest BCUT2D eigenvalue weighted by molar-refractivity contribution is 5.80. The molecular formula is C15H18N2O2. The lowest BCUT2D eigenvalue weighted by atomic mass is 10.1. The number of amides is 1. The first-order valence-electron chi connectivity index (χ1n) is 6.25. The van der Waals surface area contributed by atoms with Crippen molar-refractivity contribution in [2.24, 2.45) is 0 Å². The van der Waals surface area contributed by atoms with Crippen molar-refractivity contribution < 1.29 is 9.21 Å². The molecule has 0 aliphatic heterocycles. The van der Waals surface area contributed by atoms with Crippen molar-refractivity contribution in [3.8, 4) is 0 Å². The zero-order valence-corrected chi connectivity index (χ0v) is 11.2. The first-order valence-corrected chi connectivity index (χ1v) is 6.25. The Labute approximate surface area is 112 Å². The molecule has 4 nitrogen and oxygen atoms in total. The van der Waals surface area contributed by atoms with Gasteiger partial charge < -0.3 is 15.1 Å². The van der Waals surface area contributed by atoms with E-state index < -0.39 is 0 Å². The number of furan rings is 1. The molecule has 0 saturated carbocycles. The third-order valence-electron chi connectivity index (χ3n) is 3.00. The summed E-state index contributed by atoms with van der Waals surface area (Å²) >= 11 is 0. The van der Waals surface area contributed by atoms with Crippen LogP contribution in [0.4, 0.5) is 5.69 Å². The molecule has 0 fully saturated rings. The maximum Gasteiger partial charge on any atom is 0.239 e. The summed E-state index contributed by atoms with van der Waals surface area (Å²) in [5.74, 6) is 0.689. The topological polar surface area (TPSA) is 54.3 Å². The van der Waals surface area contributed by atoms with Gasteiger partial charge >= 0.3 is 0 Å². The second-order valence-electron chi connectivity index (χ2n) is 4.51. The predicted octanol–water partition coefficient (Wildman–Crippen LogP) is 2.62. The van der Waals surface area contributed by atoms with Gasteiger partial charge in [0.2, 0.25) is 5.91 Å². The number of carbonyl (C=O) groups excluding carboxylic acids is 1. The Morgan fingerprint density at radius 2 is 2.05 bits per heavy atom. The minimum Gasteiger partial charge on any atom is -0.467 e. The molecule has 1 heterocycles. The van der Waals surface area contributed by atoms with E-state index in [1.807, 2.05) is 24.3 Å². The van der Waals surface area contributed by atoms with Gasteiger partial charge in [0.25, 0.3) is 0 Å². The third-order valence-corrected chi connectivity index (χ3v) is 3.00. The lowest BCUT2D eigenvalue weighted by Crippen LogP contribution is -2.29. The van der Waals surface area contributed by atoms with Crippen LogP contribution < -0.4 is 10.6 Å². The summed E-state index contributed by atoms with van der Waals surface area (Å²) in [4.78, 5) is 11.6. The van der Waals surface area contributed by atoms with Gasteiger partial charge in [-0.25, -0.2) is 0 Å². The largest absolute Gasteiger partial charge is 0.467 e. The highest BCUT2D eigenvalue weighted by atomic mass is 16.3. The van der Waals surface area contributed by atoms with Crippen molar-refractivity contribution in [2.75, 3.05) is 11.9 Å². The zero-order valence-electron chi connectivity index (χ0n) is 11.2. The summed E-state index contributed by atoms with van der Waals surface area (Å²) in [6.45, 7) is 4.79. The molecule has 2 N–H and O–H groups in total. The van der Waals surface area contributed by atoms with E-state index in [4.69, 9.17) is 4.42 Å². The monoisotopic (exact) mass is 258 g/mol. The van der Waals surface area contributed by atoms with Crippen LogP contribution in [0, 0.1) is 13.8 Å². The van der Waals surface area contributed by atoms with Gasteiger partial charge in [-0.15, -0.1) is 0 Å². The van der Waals surface area contributed by atoms with Crippen LogP contribution in [0.25, 0.3) is 0 Å². The summed E-state index contributed by atoms with van der Waals surface area (Å²) in [5, 5.41) is 5.89. The van der Waals surface area contributed by atoms with Gasteiger partial charge in [0.15, 0.2) is 0 Å². The number of nitrogens with one attached hydrogen (secondary N) is 2. The number of hydrogen-bond donors (Lipinski definition) is 2. The molecule has 0 spiro atoms. The van der Waals surface area contributed by atoms with E-state index in [0.29, 0.717) is 6.54 Å². The number of rotatable bonds is 5. The van der Waals surface area contributed by atoms with Crippen LogP contribution >= 0.6 is 0 Å². The minimum absolute atomic E-state index is 0.0605. The highest BCUT2D eigenvalue weighted by Gasteiger charge is 2.03. The maximum absolute atomic E-state index is 11.6. The summed E-state index contributed by atoms with van der Waals surface area (Å²) in [7, 11) is 0. The van der Waals surface area contributed by atoms with Crippen molar-refractivity contribution in [2.45, 2.75) is 20.4 Å². The molecule has 1 amide bonds. The van der Waals surface area contributed by atoms with E-state index in [0.717, 1.165) is 11.4 Å². The fourth-order valence-electron chi connectivity index (χ4n) is 1.70. The Morgan fingerprint density at radius 1 is 1.21 bits per heavy atom. The molecule has 0 aliphatic carbocycles. The van der Waals surface area contributed by atoms with Gasteiger partial charge in [0.05, 0.1) is 19.4 Å². The smallest absolute Gasteiger partial charge is 0.239 e. The van der Waals surface area contributed by atoms with Gasteiger partial charge in [-0.05, 0) is 49.2 Å². The molecule has 0 atom stereocenters. The zero-order chi connectivity index (χ0) is 13.7. The quantitative estimate of drug-likeness (QED) is 0.866. The molecule has 0 unspecified atom stereocenters. The van der Waals surface area contributed by atoms with E-state index in [1.54, 1.807) is 12.3 Å². The summed E-state index contributed by atoms with van der Waals surface area (Å²) in [5.41, 5.74) is 3.41. The normalized spacial score (nSPS) is 10.2. The number of anilines is 1. The second-order valence-corrected chi connectivity index (χ2v) is 4.51. The SMILES string of the molecule is Cc1ccc(NCC(=O)NCc2ccco2)cc1C. The molecule has 1 aromatic heterocycles. The van der Waals surface area contributed by atoms with Crippen molar-refractivity contribution in [3.63, 3.8) is 0 Å². The van der Waals surface area contributed by atoms with E-state index >= 15 is 0 Å². The third kappa shape index (κ3) is 3.88. The number of benzene rings is 1. The molecule has 0 radical (unpaired) electrons. The van der Waals surface area contributed by atoms with Crippen LogP contribution in [0.3, 0.4) is 0 Å². The summed E-state index contributed by atoms with van der Waals surface area (Å²) in [6.07, 6.45) is 1.59. The first-order chi connectivity index (χ1) is 9.15. The average Bonchev–Trinajstić information content (AvgIpc) is 2.91. The van der Waals surface area contributed by atoms with E-state index in [2.05, 4.69) is 24.5 Å². The molecule has 2 aromatic rings. The Morgan fingerprint density at radius 3 is 2.74 bits per heavy atom. The van der Waals surface area contributed by atoms with Gasteiger partial charge in [-0.1, -0.05) is 6.07 Å². The van der Waals surface area contributed by atoms with Crippen LogP contribution in [0.5, 0.6) is 0 Å². The molecule has 19 heavy (non-hydrogen) atoms. The molecule has 0 bridgehead atoms. The molecular weight excluding hydrogens is 240 g/mol. The molecule has 1 aromatic carbocycles. The summed E-state index contributed by atoms with van der Waals surface area (Å²) < 4.78 is 5.14. The van der Waals surface area contributed by atoms with Gasteiger partial charge in [0, 0.05) is 5.69 Å². The lowest BCUT2D eigenvalue weighted by molar-refractivity contribution is -0.119. The average molecular weight is 258 g/mol. The Kier molecular flexibility index (Phi) is 4.23. The number of hydrogen-bond acceptors (Lipinski definition) is 3. The molecule has 2 rings (SSSR count). The Hall–Kier alpha value is -2.23. The fraction of sp³-hybridized carbons (Fsp3) is 0.267. The van der Waals surface area contributed by atoms with Crippen LogP contribution in [-0.2, 0) is 11.3 Å². The van der Waals surface area contributed by atoms with E-state index in [-0.39, 0.29) is 12.5 Å². The molecule has 0 saturated heterocycles. The molecule has 0 aliphatic rings. The fourth-order valence-corrected chi connectivity index (χ4v) is 1.70. The maximum atomic E-state index is 11.6. The van der Waals surface area contributed by atoms with Gasteiger partial charge in [-0.2, -0.15) is 0 Å². The summed E-state index contributed by atoms with van der Waals surface area (Å²) in [6, 6.07) is 9.68. The van der Waals surface area contributed by atoms with Gasteiger partial charge in [0.1, 0.15) is 5.76 Å².